The van der Waals surface area contributed by atoms with Crippen LogP contribution in [0.4, 0.5) is 24.1 Å². The van der Waals surface area contributed by atoms with Crippen LogP contribution in [0.3, 0.4) is 0 Å². The number of ether oxygens (including phenoxy) is 3. The number of benzene rings is 2. The number of amides is 2. The largest absolute Gasteiger partial charge is 0.466 e. The van der Waals surface area contributed by atoms with E-state index >= 15 is 0 Å². The van der Waals surface area contributed by atoms with E-state index < -0.39 is 46.9 Å². The average molecular weight is 422 g/mol. The molecule has 156 valence electrons. The third-order valence-electron chi connectivity index (χ3n) is 4.16. The number of esters is 1. The fourth-order valence-corrected chi connectivity index (χ4v) is 2.77. The van der Waals surface area contributed by atoms with E-state index in [1.807, 2.05) is 0 Å². The zero-order valence-corrected chi connectivity index (χ0v) is 15.1. The van der Waals surface area contributed by atoms with Crippen molar-refractivity contribution in [2.24, 2.45) is 0 Å². The van der Waals surface area contributed by atoms with E-state index in [0.717, 1.165) is 43.5 Å². The van der Waals surface area contributed by atoms with Crippen LogP contribution < -0.4 is 4.74 Å². The summed E-state index contributed by atoms with van der Waals surface area (Å²) in [5.41, 5.74) is -0.392. The molecular formula is C18H12F2N2O8. The number of methoxy groups -OCH3 is 1. The number of cyclic esters (lactones) is 1. The Morgan fingerprint density at radius 1 is 1.13 bits per heavy atom. The summed E-state index contributed by atoms with van der Waals surface area (Å²) in [4.78, 5) is 47.3. The second kappa shape index (κ2) is 8.11. The molecule has 1 aliphatic heterocycles. The van der Waals surface area contributed by atoms with Crippen molar-refractivity contribution in [2.75, 3.05) is 7.11 Å². The lowest BCUT2D eigenvalue weighted by molar-refractivity contribution is -0.384. The van der Waals surface area contributed by atoms with Crippen LogP contribution in [-0.4, -0.2) is 41.2 Å². The van der Waals surface area contributed by atoms with E-state index in [2.05, 4.69) is 4.74 Å². The van der Waals surface area contributed by atoms with Crippen molar-refractivity contribution in [1.29, 1.82) is 0 Å². The highest BCUT2D eigenvalue weighted by atomic mass is 19.2. The van der Waals surface area contributed by atoms with Crippen LogP contribution in [0.1, 0.15) is 11.6 Å². The van der Waals surface area contributed by atoms with Crippen LogP contribution in [-0.2, 0) is 14.3 Å². The quantitative estimate of drug-likeness (QED) is 0.418. The van der Waals surface area contributed by atoms with E-state index in [4.69, 9.17) is 9.47 Å². The third kappa shape index (κ3) is 3.87. The van der Waals surface area contributed by atoms with E-state index in [0.29, 0.717) is 11.0 Å². The Labute approximate surface area is 166 Å². The number of hydrogen-bond acceptors (Lipinski definition) is 8. The molecule has 0 unspecified atom stereocenters. The summed E-state index contributed by atoms with van der Waals surface area (Å²) in [6, 6.07) is 5.36. The molecule has 1 fully saturated rings. The fraction of sp³-hybridized carbons (Fsp3) is 0.167. The molecular weight excluding hydrogens is 410 g/mol. The molecule has 30 heavy (non-hydrogen) atoms. The van der Waals surface area contributed by atoms with Gasteiger partial charge in [-0.15, -0.1) is 0 Å². The Bertz CT molecular complexity index is 1030. The zero-order chi connectivity index (χ0) is 22.0. The zero-order valence-electron chi connectivity index (χ0n) is 15.1. The highest BCUT2D eigenvalue weighted by molar-refractivity contribution is 5.94. The Hall–Kier alpha value is -4.09. The molecule has 1 aliphatic rings. The van der Waals surface area contributed by atoms with E-state index in [1.54, 1.807) is 0 Å². The van der Waals surface area contributed by atoms with Gasteiger partial charge in [0.05, 0.1) is 12.0 Å². The van der Waals surface area contributed by atoms with Gasteiger partial charge in [0.25, 0.3) is 5.69 Å². The molecule has 0 bridgehead atoms. The van der Waals surface area contributed by atoms with Gasteiger partial charge in [-0.3, -0.25) is 10.1 Å². The molecule has 0 spiro atoms. The molecule has 2 atom stereocenters. The van der Waals surface area contributed by atoms with Gasteiger partial charge in [-0.2, -0.15) is 4.90 Å². The number of halogens is 2. The molecule has 0 N–H and O–H groups in total. The number of rotatable bonds is 4. The topological polar surface area (TPSA) is 125 Å². The standard InChI is InChI=1S/C18H12F2N2O8/c1-28-16(23)15-14(9-2-7-12(19)13(20)8-9)21(18(25)30-15)17(24)29-11-5-3-10(4-6-11)22(26)27/h2-8,14-15H,1H3/t14-,15+/m0/s1. The second-order valence-corrected chi connectivity index (χ2v) is 5.93. The van der Waals surface area contributed by atoms with Crippen LogP contribution in [0.25, 0.3) is 0 Å². The first-order chi connectivity index (χ1) is 14.2. The van der Waals surface area contributed by atoms with Crippen LogP contribution in [0.5, 0.6) is 5.75 Å². The van der Waals surface area contributed by atoms with Gasteiger partial charge in [0.2, 0.25) is 6.10 Å². The van der Waals surface area contributed by atoms with Gasteiger partial charge in [-0.1, -0.05) is 6.07 Å². The maximum absolute atomic E-state index is 13.7. The predicted molar refractivity (Wildman–Crippen MR) is 92.3 cm³/mol. The molecule has 0 aromatic heterocycles. The van der Waals surface area contributed by atoms with Crippen molar-refractivity contribution in [2.45, 2.75) is 12.1 Å². The monoisotopic (exact) mass is 422 g/mol. The van der Waals surface area contributed by atoms with Gasteiger partial charge in [0.15, 0.2) is 11.6 Å². The van der Waals surface area contributed by atoms with Crippen molar-refractivity contribution in [3.05, 3.63) is 69.8 Å². The minimum absolute atomic E-state index is 0.129. The summed E-state index contributed by atoms with van der Waals surface area (Å²) in [7, 11) is 1.01. The van der Waals surface area contributed by atoms with Gasteiger partial charge in [-0.25, -0.2) is 23.2 Å². The first-order valence-electron chi connectivity index (χ1n) is 8.22. The number of nitro benzene ring substituents is 1. The maximum Gasteiger partial charge on any atom is 0.425 e. The molecule has 3 rings (SSSR count). The lowest BCUT2D eigenvalue weighted by atomic mass is 10.0. The molecule has 0 saturated carbocycles. The molecule has 2 amide bonds. The predicted octanol–water partition coefficient (Wildman–Crippen LogP) is 3.11. The van der Waals surface area contributed by atoms with Crippen LogP contribution in [0, 0.1) is 21.7 Å². The first kappa shape index (κ1) is 20.6. The number of hydrogen-bond donors (Lipinski definition) is 0. The van der Waals surface area contributed by atoms with E-state index in [1.165, 1.54) is 0 Å². The van der Waals surface area contributed by atoms with Gasteiger partial charge < -0.3 is 14.2 Å². The third-order valence-corrected chi connectivity index (χ3v) is 4.16. The van der Waals surface area contributed by atoms with Crippen molar-refractivity contribution in [3.63, 3.8) is 0 Å². The highest BCUT2D eigenvalue weighted by Gasteiger charge is 2.51. The number of nitrogens with zero attached hydrogens (tertiary/aromatic N) is 2. The minimum atomic E-state index is -1.66. The normalized spacial score (nSPS) is 18.0. The minimum Gasteiger partial charge on any atom is -0.466 e. The Balaban J connectivity index is 1.93. The van der Waals surface area contributed by atoms with Crippen molar-refractivity contribution >= 4 is 23.8 Å². The van der Waals surface area contributed by atoms with E-state index in [-0.39, 0.29) is 17.0 Å². The summed E-state index contributed by atoms with van der Waals surface area (Å²) in [6.45, 7) is 0. The molecule has 0 radical (unpaired) electrons. The van der Waals surface area contributed by atoms with Crippen LogP contribution >= 0.6 is 0 Å². The lowest BCUT2D eigenvalue weighted by Crippen LogP contribution is -2.39. The van der Waals surface area contributed by atoms with Gasteiger partial charge in [0, 0.05) is 12.1 Å². The molecule has 2 aromatic carbocycles. The molecule has 1 heterocycles. The summed E-state index contributed by atoms with van der Waals surface area (Å²) in [5.74, 6) is -3.65. The first-order valence-corrected chi connectivity index (χ1v) is 8.22. The number of nitro groups is 1. The van der Waals surface area contributed by atoms with Crippen LogP contribution in [0.15, 0.2) is 42.5 Å². The molecule has 1 saturated heterocycles. The summed E-state index contributed by atoms with van der Waals surface area (Å²) >= 11 is 0. The highest BCUT2D eigenvalue weighted by Crippen LogP contribution is 2.35. The number of non-ortho nitro benzene ring substituents is 1. The summed E-state index contributed by atoms with van der Waals surface area (Å²) in [5, 5.41) is 10.7. The SMILES string of the molecule is COC(=O)[C@@H]1OC(=O)N(C(=O)Oc2ccc([N+](=O)[O-])cc2)[C@H]1c1ccc(F)c(F)c1. The lowest BCUT2D eigenvalue weighted by Gasteiger charge is -2.22. The Morgan fingerprint density at radius 3 is 2.37 bits per heavy atom. The van der Waals surface area contributed by atoms with Crippen LogP contribution in [0.2, 0.25) is 0 Å². The van der Waals surface area contributed by atoms with Crippen molar-refractivity contribution < 1.29 is 42.3 Å². The second-order valence-electron chi connectivity index (χ2n) is 5.93. The summed E-state index contributed by atoms with van der Waals surface area (Å²) < 4.78 is 41.4. The van der Waals surface area contributed by atoms with Crippen molar-refractivity contribution in [3.8, 4) is 5.75 Å². The number of imide groups is 1. The Morgan fingerprint density at radius 2 is 1.80 bits per heavy atom. The Kier molecular flexibility index (Phi) is 5.58. The molecule has 12 heteroatoms. The van der Waals surface area contributed by atoms with E-state index in [9.17, 15) is 33.3 Å². The van der Waals surface area contributed by atoms with Gasteiger partial charge >= 0.3 is 18.2 Å². The smallest absolute Gasteiger partial charge is 0.425 e. The fourth-order valence-electron chi connectivity index (χ4n) is 2.77. The molecule has 10 nitrogen and oxygen atoms in total. The average Bonchev–Trinajstić information content (AvgIpc) is 3.07. The maximum atomic E-state index is 13.7. The number of carbonyl (C=O) groups is 3. The number of carbonyl (C=O) groups excluding carboxylic acids is 3. The van der Waals surface area contributed by atoms with Gasteiger partial charge in [-0.05, 0) is 29.8 Å². The van der Waals surface area contributed by atoms with Crippen molar-refractivity contribution in [1.82, 2.24) is 4.90 Å². The molecule has 2 aromatic rings. The summed E-state index contributed by atoms with van der Waals surface area (Å²) in [6.07, 6.45) is -4.25. The van der Waals surface area contributed by atoms with Gasteiger partial charge in [0.1, 0.15) is 11.8 Å². The molecule has 0 aliphatic carbocycles.